The molecule has 0 aliphatic heterocycles. The number of rotatable bonds is 6. The number of nitrogen functional groups attached to an aromatic ring is 1. The van der Waals surface area contributed by atoms with E-state index in [1.165, 1.54) is 0 Å². The van der Waals surface area contributed by atoms with Crippen LogP contribution in [-0.2, 0) is 6.42 Å². The number of aliphatic hydroxyl groups is 1. The van der Waals surface area contributed by atoms with E-state index in [9.17, 15) is 0 Å². The Morgan fingerprint density at radius 2 is 1.92 bits per heavy atom. The van der Waals surface area contributed by atoms with Gasteiger partial charge in [-0.1, -0.05) is 31.5 Å². The molecule has 0 aliphatic carbocycles. The van der Waals surface area contributed by atoms with Crippen molar-refractivity contribution >= 4 is 27.8 Å². The van der Waals surface area contributed by atoms with Gasteiger partial charge >= 0.3 is 0 Å². The number of nitrogens with one attached hydrogen (secondary N) is 1. The summed E-state index contributed by atoms with van der Waals surface area (Å²) >= 11 is 0. The van der Waals surface area contributed by atoms with E-state index in [0.717, 1.165) is 59.9 Å². The van der Waals surface area contributed by atoms with Crippen molar-refractivity contribution in [3.05, 3.63) is 30.1 Å². The van der Waals surface area contributed by atoms with Crippen LogP contribution in [0.3, 0.4) is 0 Å². The van der Waals surface area contributed by atoms with E-state index in [1.54, 1.807) is 0 Å². The molecule has 3 aromatic rings. The summed E-state index contributed by atoms with van der Waals surface area (Å²) in [6.45, 7) is 3.14. The number of aryl methyl sites for hydroxylation is 1. The Morgan fingerprint density at radius 3 is 2.58 bits per heavy atom. The lowest BCUT2D eigenvalue weighted by molar-refractivity contribution is 0.285. The molecular formula is C18H27N5O. The van der Waals surface area contributed by atoms with Crippen LogP contribution in [0.4, 0.5) is 5.82 Å². The quantitative estimate of drug-likeness (QED) is 0.519. The second-order valence-electron chi connectivity index (χ2n) is 5.74. The Labute approximate surface area is 142 Å². The second kappa shape index (κ2) is 9.20. The Balaban J connectivity index is 0.000000301. The Morgan fingerprint density at radius 1 is 1.12 bits per heavy atom. The fraction of sp³-hybridized carbons (Fsp3) is 0.444. The third kappa shape index (κ3) is 4.43. The fourth-order valence-corrected chi connectivity index (χ4v) is 2.48. The number of aromatic amines is 1. The molecule has 2 heterocycles. The van der Waals surface area contributed by atoms with Gasteiger partial charge in [-0.15, -0.1) is 0 Å². The van der Waals surface area contributed by atoms with Gasteiger partial charge in [-0.2, -0.15) is 0 Å². The molecule has 0 atom stereocenters. The molecule has 0 spiro atoms. The largest absolute Gasteiger partial charge is 0.396 e. The smallest absolute Gasteiger partial charge is 0.150 e. The predicted molar refractivity (Wildman–Crippen MR) is 99.8 cm³/mol. The van der Waals surface area contributed by atoms with E-state index in [0.29, 0.717) is 12.4 Å². The first kappa shape index (κ1) is 18.2. The number of para-hydroxylation sites is 1. The average molecular weight is 329 g/mol. The molecule has 3 rings (SSSR count). The van der Waals surface area contributed by atoms with Crippen LogP contribution in [0.1, 0.15) is 38.4 Å². The van der Waals surface area contributed by atoms with Crippen molar-refractivity contribution in [3.8, 4) is 0 Å². The number of fused-ring (bicyclic) bond motifs is 3. The van der Waals surface area contributed by atoms with Crippen molar-refractivity contribution in [2.75, 3.05) is 18.9 Å². The summed E-state index contributed by atoms with van der Waals surface area (Å²) < 4.78 is 0. The molecule has 6 heteroatoms. The van der Waals surface area contributed by atoms with Crippen LogP contribution in [0.25, 0.3) is 21.9 Å². The highest BCUT2D eigenvalue weighted by molar-refractivity contribution is 6.05. The number of unbranched alkanes of at least 4 members (excludes halogenated alkanes) is 2. The van der Waals surface area contributed by atoms with Crippen molar-refractivity contribution in [2.24, 2.45) is 5.73 Å². The molecule has 0 fully saturated rings. The molecule has 0 amide bonds. The fourth-order valence-electron chi connectivity index (χ4n) is 2.48. The van der Waals surface area contributed by atoms with Gasteiger partial charge in [0.2, 0.25) is 0 Å². The topological polar surface area (TPSA) is 114 Å². The zero-order chi connectivity index (χ0) is 17.4. The van der Waals surface area contributed by atoms with Crippen LogP contribution >= 0.6 is 0 Å². The Bertz CT molecular complexity index is 765. The number of hydrogen-bond acceptors (Lipinski definition) is 5. The maximum Gasteiger partial charge on any atom is 0.150 e. The van der Waals surface area contributed by atoms with Crippen LogP contribution < -0.4 is 11.5 Å². The Hall–Kier alpha value is -2.18. The maximum absolute atomic E-state index is 8.14. The van der Waals surface area contributed by atoms with Crippen molar-refractivity contribution in [2.45, 2.75) is 39.0 Å². The summed E-state index contributed by atoms with van der Waals surface area (Å²) in [5, 5.41) is 9.20. The number of nitrogens with two attached hydrogens (primary N) is 2. The van der Waals surface area contributed by atoms with Crippen LogP contribution in [0.2, 0.25) is 0 Å². The van der Waals surface area contributed by atoms with E-state index in [-0.39, 0.29) is 6.61 Å². The number of aromatic nitrogens is 3. The molecule has 2 aromatic heterocycles. The van der Waals surface area contributed by atoms with Crippen LogP contribution in [-0.4, -0.2) is 33.2 Å². The normalized spacial score (nSPS) is 10.8. The van der Waals surface area contributed by atoms with E-state index in [1.807, 2.05) is 24.3 Å². The van der Waals surface area contributed by atoms with Gasteiger partial charge in [0, 0.05) is 18.4 Å². The summed E-state index contributed by atoms with van der Waals surface area (Å²) in [5.41, 5.74) is 13.8. The highest BCUT2D eigenvalue weighted by atomic mass is 16.2. The molecule has 6 N–H and O–H groups in total. The van der Waals surface area contributed by atoms with Crippen LogP contribution in [0.15, 0.2) is 24.3 Å². The van der Waals surface area contributed by atoms with Gasteiger partial charge in [-0.05, 0) is 31.9 Å². The SMILES string of the molecule is CCCCc1nc2c([nH]1)c(N)nc1ccccc12.NCCCCO. The lowest BCUT2D eigenvalue weighted by Gasteiger charge is -1.99. The highest BCUT2D eigenvalue weighted by Gasteiger charge is 2.10. The predicted octanol–water partition coefficient (Wildman–Crippen LogP) is 2.75. The third-order valence-electron chi connectivity index (χ3n) is 3.79. The van der Waals surface area contributed by atoms with E-state index in [4.69, 9.17) is 16.6 Å². The summed E-state index contributed by atoms with van der Waals surface area (Å²) in [7, 11) is 0. The summed E-state index contributed by atoms with van der Waals surface area (Å²) in [4.78, 5) is 12.4. The molecule has 0 saturated heterocycles. The number of benzene rings is 1. The van der Waals surface area contributed by atoms with Gasteiger partial charge < -0.3 is 21.6 Å². The second-order valence-corrected chi connectivity index (χ2v) is 5.74. The van der Waals surface area contributed by atoms with Gasteiger partial charge in [-0.25, -0.2) is 9.97 Å². The van der Waals surface area contributed by atoms with Crippen molar-refractivity contribution in [1.82, 2.24) is 15.0 Å². The summed E-state index contributed by atoms with van der Waals surface area (Å²) in [6.07, 6.45) is 5.03. The first-order valence-corrected chi connectivity index (χ1v) is 8.55. The van der Waals surface area contributed by atoms with Gasteiger partial charge in [0.05, 0.1) is 5.52 Å². The minimum Gasteiger partial charge on any atom is -0.396 e. The summed E-state index contributed by atoms with van der Waals surface area (Å²) in [5.74, 6) is 1.52. The molecule has 0 aliphatic rings. The zero-order valence-electron chi connectivity index (χ0n) is 14.3. The number of imidazole rings is 1. The lowest BCUT2D eigenvalue weighted by Crippen LogP contribution is -1.98. The standard InChI is InChI=1S/C14H16N4.C4H11NO/c1-2-3-8-11-17-12-9-6-4-5-7-10(9)16-14(15)13(12)18-11;5-3-1-2-4-6/h4-7H,2-3,8H2,1H3,(H2,15,16)(H,17,18);6H,1-5H2. The van der Waals surface area contributed by atoms with Gasteiger partial charge in [0.1, 0.15) is 22.7 Å². The number of aliphatic hydroxyl groups excluding tert-OH is 1. The van der Waals surface area contributed by atoms with Crippen molar-refractivity contribution < 1.29 is 5.11 Å². The van der Waals surface area contributed by atoms with E-state index in [2.05, 4.69) is 21.9 Å². The number of H-pyrrole nitrogens is 1. The molecule has 6 nitrogen and oxygen atoms in total. The van der Waals surface area contributed by atoms with E-state index < -0.39 is 0 Å². The first-order chi connectivity index (χ1) is 11.7. The van der Waals surface area contributed by atoms with Gasteiger partial charge in [0.15, 0.2) is 0 Å². The number of anilines is 1. The maximum atomic E-state index is 8.14. The molecule has 0 radical (unpaired) electrons. The molecule has 130 valence electrons. The van der Waals surface area contributed by atoms with E-state index >= 15 is 0 Å². The molecule has 1 aromatic carbocycles. The molecule has 0 bridgehead atoms. The number of pyridine rings is 1. The average Bonchev–Trinajstić information content (AvgIpc) is 3.04. The number of hydrogen-bond donors (Lipinski definition) is 4. The minimum absolute atomic E-state index is 0.275. The zero-order valence-corrected chi connectivity index (χ0v) is 14.3. The lowest BCUT2D eigenvalue weighted by atomic mass is 10.2. The van der Waals surface area contributed by atoms with Gasteiger partial charge in [-0.3, -0.25) is 0 Å². The molecule has 0 unspecified atom stereocenters. The highest BCUT2D eigenvalue weighted by Crippen LogP contribution is 2.26. The molecule has 24 heavy (non-hydrogen) atoms. The van der Waals surface area contributed by atoms with Gasteiger partial charge in [0.25, 0.3) is 0 Å². The summed E-state index contributed by atoms with van der Waals surface area (Å²) in [6, 6.07) is 7.96. The first-order valence-electron chi connectivity index (χ1n) is 8.55. The van der Waals surface area contributed by atoms with Crippen molar-refractivity contribution in [1.29, 1.82) is 0 Å². The minimum atomic E-state index is 0.275. The monoisotopic (exact) mass is 329 g/mol. The third-order valence-corrected chi connectivity index (χ3v) is 3.79. The Kier molecular flexibility index (Phi) is 6.96. The van der Waals surface area contributed by atoms with Crippen LogP contribution in [0.5, 0.6) is 0 Å². The molecular weight excluding hydrogens is 302 g/mol. The van der Waals surface area contributed by atoms with Crippen molar-refractivity contribution in [3.63, 3.8) is 0 Å². The number of nitrogens with zero attached hydrogens (tertiary/aromatic N) is 2. The molecule has 0 saturated carbocycles. The van der Waals surface area contributed by atoms with Crippen LogP contribution in [0, 0.1) is 0 Å².